The van der Waals surface area contributed by atoms with E-state index in [2.05, 4.69) is 10.4 Å². The lowest BCUT2D eigenvalue weighted by Gasteiger charge is -2.23. The minimum atomic E-state index is -3.82. The van der Waals surface area contributed by atoms with Gasteiger partial charge in [-0.15, -0.1) is 0 Å². The third-order valence-electron chi connectivity index (χ3n) is 2.13. The monoisotopic (exact) mass is 293 g/mol. The maximum Gasteiger partial charge on any atom is 0.264 e. The Labute approximate surface area is 111 Å². The van der Waals surface area contributed by atoms with Crippen LogP contribution in [0.1, 0.15) is 33.7 Å². The molecule has 0 aromatic carbocycles. The number of amides is 1. The average Bonchev–Trinajstić information content (AvgIpc) is 2.61. The van der Waals surface area contributed by atoms with Gasteiger partial charge in [0, 0.05) is 22.4 Å². The molecule has 18 heavy (non-hydrogen) atoms. The van der Waals surface area contributed by atoms with Crippen molar-refractivity contribution >= 4 is 25.6 Å². The Bertz CT molecular complexity index is 545. The lowest BCUT2D eigenvalue weighted by atomic mass is 10.1. The Morgan fingerprint density at radius 2 is 2.06 bits per heavy atom. The number of nitrogens with one attached hydrogen (secondary N) is 1. The molecule has 1 heterocycles. The van der Waals surface area contributed by atoms with E-state index in [0.29, 0.717) is 0 Å². The molecule has 0 aliphatic rings. The van der Waals surface area contributed by atoms with Crippen LogP contribution in [0.4, 0.5) is 0 Å². The summed E-state index contributed by atoms with van der Waals surface area (Å²) in [5, 5.41) is 6.61. The van der Waals surface area contributed by atoms with Crippen molar-refractivity contribution in [2.45, 2.75) is 44.2 Å². The van der Waals surface area contributed by atoms with E-state index in [9.17, 15) is 13.2 Å². The molecular weight excluding hydrogens is 278 g/mol. The SMILES string of the molecule is CC(C(=O)NC(C)(C)C)n1cc(S(=O)(=O)Cl)cn1. The third kappa shape index (κ3) is 3.99. The van der Waals surface area contributed by atoms with Crippen LogP contribution in [-0.2, 0) is 13.8 Å². The van der Waals surface area contributed by atoms with Crippen LogP contribution in [0.15, 0.2) is 17.3 Å². The van der Waals surface area contributed by atoms with Gasteiger partial charge in [0.2, 0.25) is 5.91 Å². The normalized spacial score (nSPS) is 14.3. The zero-order valence-electron chi connectivity index (χ0n) is 10.6. The van der Waals surface area contributed by atoms with E-state index in [4.69, 9.17) is 10.7 Å². The van der Waals surface area contributed by atoms with Gasteiger partial charge in [0.25, 0.3) is 9.05 Å². The zero-order chi connectivity index (χ0) is 14.1. The highest BCUT2D eigenvalue weighted by molar-refractivity contribution is 8.13. The summed E-state index contributed by atoms with van der Waals surface area (Å²) in [6.45, 7) is 7.19. The first kappa shape index (κ1) is 15.0. The maximum atomic E-state index is 11.9. The fourth-order valence-corrected chi connectivity index (χ4v) is 1.90. The van der Waals surface area contributed by atoms with E-state index in [1.807, 2.05) is 20.8 Å². The Morgan fingerprint density at radius 3 is 2.44 bits per heavy atom. The molecule has 1 rings (SSSR count). The molecule has 6 nitrogen and oxygen atoms in total. The highest BCUT2D eigenvalue weighted by Gasteiger charge is 2.22. The molecule has 0 saturated heterocycles. The van der Waals surface area contributed by atoms with Crippen molar-refractivity contribution in [3.8, 4) is 0 Å². The van der Waals surface area contributed by atoms with Gasteiger partial charge in [-0.05, 0) is 27.7 Å². The second kappa shape index (κ2) is 4.89. The number of hydrogen-bond donors (Lipinski definition) is 1. The summed E-state index contributed by atoms with van der Waals surface area (Å²) in [4.78, 5) is 11.7. The molecule has 1 unspecified atom stereocenters. The van der Waals surface area contributed by atoms with Crippen molar-refractivity contribution in [1.82, 2.24) is 15.1 Å². The molecule has 0 bridgehead atoms. The van der Waals surface area contributed by atoms with Crippen LogP contribution in [0.5, 0.6) is 0 Å². The quantitative estimate of drug-likeness (QED) is 0.851. The lowest BCUT2D eigenvalue weighted by Crippen LogP contribution is -2.43. The number of carbonyl (C=O) groups excluding carboxylic acids is 1. The first-order valence-electron chi connectivity index (χ1n) is 5.31. The molecular formula is C10H16ClN3O3S. The smallest absolute Gasteiger partial charge is 0.264 e. The van der Waals surface area contributed by atoms with E-state index in [-0.39, 0.29) is 16.3 Å². The highest BCUT2D eigenvalue weighted by Crippen LogP contribution is 2.16. The zero-order valence-corrected chi connectivity index (χ0v) is 12.2. The molecule has 1 aromatic rings. The van der Waals surface area contributed by atoms with Crippen molar-refractivity contribution < 1.29 is 13.2 Å². The number of hydrogen-bond acceptors (Lipinski definition) is 4. The van der Waals surface area contributed by atoms with Crippen LogP contribution in [0.25, 0.3) is 0 Å². The van der Waals surface area contributed by atoms with E-state index in [0.717, 1.165) is 6.20 Å². The standard InChI is InChI=1S/C10H16ClN3O3S/c1-7(9(15)13-10(2,3)4)14-6-8(5-12-14)18(11,16)17/h5-7H,1-4H3,(H,13,15). The molecule has 1 amide bonds. The van der Waals surface area contributed by atoms with Gasteiger partial charge in [-0.1, -0.05) is 0 Å². The number of nitrogens with zero attached hydrogens (tertiary/aromatic N) is 2. The Hall–Kier alpha value is -1.08. The van der Waals surface area contributed by atoms with Crippen molar-refractivity contribution in [2.75, 3.05) is 0 Å². The van der Waals surface area contributed by atoms with Crippen molar-refractivity contribution in [1.29, 1.82) is 0 Å². The Balaban J connectivity index is 2.89. The second-order valence-corrected chi connectivity index (χ2v) is 7.58. The predicted molar refractivity (Wildman–Crippen MR) is 67.9 cm³/mol. The fourth-order valence-electron chi connectivity index (χ4n) is 1.25. The van der Waals surface area contributed by atoms with Crippen molar-refractivity contribution in [2.24, 2.45) is 0 Å². The van der Waals surface area contributed by atoms with Gasteiger partial charge in [0.05, 0.1) is 6.20 Å². The van der Waals surface area contributed by atoms with Crippen LogP contribution < -0.4 is 5.32 Å². The van der Waals surface area contributed by atoms with E-state index < -0.39 is 15.1 Å². The second-order valence-electron chi connectivity index (χ2n) is 5.01. The van der Waals surface area contributed by atoms with Crippen LogP contribution in [0.3, 0.4) is 0 Å². The molecule has 0 aliphatic heterocycles. The summed E-state index contributed by atoms with van der Waals surface area (Å²) < 4.78 is 23.4. The summed E-state index contributed by atoms with van der Waals surface area (Å²) in [6, 6.07) is -0.614. The molecule has 0 aliphatic carbocycles. The van der Waals surface area contributed by atoms with Crippen LogP contribution >= 0.6 is 10.7 Å². The molecule has 8 heteroatoms. The molecule has 1 atom stereocenters. The van der Waals surface area contributed by atoms with Crippen molar-refractivity contribution in [3.05, 3.63) is 12.4 Å². The molecule has 0 saturated carbocycles. The van der Waals surface area contributed by atoms with Crippen LogP contribution in [0, 0.1) is 0 Å². The molecule has 102 valence electrons. The Kier molecular flexibility index (Phi) is 4.07. The summed E-state index contributed by atoms with van der Waals surface area (Å²) in [5.74, 6) is -0.246. The molecule has 0 fully saturated rings. The number of halogens is 1. The summed E-state index contributed by atoms with van der Waals surface area (Å²) in [5.41, 5.74) is -0.361. The Morgan fingerprint density at radius 1 is 1.50 bits per heavy atom. The average molecular weight is 294 g/mol. The van der Waals surface area contributed by atoms with Gasteiger partial charge < -0.3 is 5.32 Å². The van der Waals surface area contributed by atoms with Gasteiger partial charge in [-0.3, -0.25) is 9.48 Å². The minimum Gasteiger partial charge on any atom is -0.350 e. The van der Waals surface area contributed by atoms with Gasteiger partial charge in [0.1, 0.15) is 10.9 Å². The van der Waals surface area contributed by atoms with Crippen molar-refractivity contribution in [3.63, 3.8) is 0 Å². The van der Waals surface area contributed by atoms with Gasteiger partial charge in [0.15, 0.2) is 0 Å². The fraction of sp³-hybridized carbons (Fsp3) is 0.600. The summed E-state index contributed by atoms with van der Waals surface area (Å²) in [6.07, 6.45) is 2.35. The summed E-state index contributed by atoms with van der Waals surface area (Å²) in [7, 11) is 1.36. The largest absolute Gasteiger partial charge is 0.350 e. The number of carbonyl (C=O) groups is 1. The minimum absolute atomic E-state index is 0.125. The predicted octanol–water partition coefficient (Wildman–Crippen LogP) is 1.29. The van der Waals surface area contributed by atoms with Crippen LogP contribution in [0.2, 0.25) is 0 Å². The maximum absolute atomic E-state index is 11.9. The lowest BCUT2D eigenvalue weighted by molar-refractivity contribution is -0.125. The highest BCUT2D eigenvalue weighted by atomic mass is 35.7. The van der Waals surface area contributed by atoms with Gasteiger partial charge in [-0.25, -0.2) is 8.42 Å². The molecule has 1 aromatic heterocycles. The molecule has 0 radical (unpaired) electrons. The third-order valence-corrected chi connectivity index (χ3v) is 3.44. The topological polar surface area (TPSA) is 81.1 Å². The van der Waals surface area contributed by atoms with E-state index in [1.165, 1.54) is 10.9 Å². The molecule has 0 spiro atoms. The van der Waals surface area contributed by atoms with Gasteiger partial charge in [-0.2, -0.15) is 5.10 Å². The van der Waals surface area contributed by atoms with Crippen LogP contribution in [-0.4, -0.2) is 29.6 Å². The number of aromatic nitrogens is 2. The van der Waals surface area contributed by atoms with E-state index >= 15 is 0 Å². The van der Waals surface area contributed by atoms with Gasteiger partial charge >= 0.3 is 0 Å². The first-order chi connectivity index (χ1) is 8.00. The number of rotatable bonds is 3. The molecule has 1 N–H and O–H groups in total. The summed E-state index contributed by atoms with van der Waals surface area (Å²) >= 11 is 0. The first-order valence-corrected chi connectivity index (χ1v) is 7.62. The van der Waals surface area contributed by atoms with E-state index in [1.54, 1.807) is 6.92 Å².